The van der Waals surface area contributed by atoms with Gasteiger partial charge < -0.3 is 15.8 Å². The first kappa shape index (κ1) is 15.9. The van der Waals surface area contributed by atoms with Crippen LogP contribution in [0.15, 0.2) is 45.3 Å². The van der Waals surface area contributed by atoms with Gasteiger partial charge in [0.2, 0.25) is 5.91 Å². The zero-order chi connectivity index (χ0) is 15.4. The molecule has 0 unspecified atom stereocenters. The second kappa shape index (κ2) is 6.95. The highest BCUT2D eigenvalue weighted by Crippen LogP contribution is 2.34. The molecule has 0 saturated carbocycles. The van der Waals surface area contributed by atoms with Crippen LogP contribution in [0.25, 0.3) is 0 Å². The topological polar surface area (TPSA) is 64.3 Å². The van der Waals surface area contributed by atoms with E-state index in [2.05, 4.69) is 37.2 Å². The summed E-state index contributed by atoms with van der Waals surface area (Å²) >= 11 is 6.93. The van der Waals surface area contributed by atoms with Gasteiger partial charge in [-0.2, -0.15) is 0 Å². The summed E-state index contributed by atoms with van der Waals surface area (Å²) in [6.45, 7) is 0.574. The molecular formula is C15H14Br2N2O2. The minimum absolute atomic E-state index is 0.427. The SMILES string of the molecule is COc1cc(NCc2cccc(C(N)=O)c2)c(Br)cc1Br. The van der Waals surface area contributed by atoms with Gasteiger partial charge in [0.1, 0.15) is 5.75 Å². The van der Waals surface area contributed by atoms with Crippen LogP contribution in [-0.4, -0.2) is 13.0 Å². The molecule has 0 spiro atoms. The third-order valence-electron chi connectivity index (χ3n) is 2.94. The third-order valence-corrected chi connectivity index (χ3v) is 4.21. The molecule has 6 heteroatoms. The number of rotatable bonds is 5. The molecule has 0 heterocycles. The van der Waals surface area contributed by atoms with Gasteiger partial charge >= 0.3 is 0 Å². The van der Waals surface area contributed by atoms with Crippen LogP contribution < -0.4 is 15.8 Å². The van der Waals surface area contributed by atoms with Gasteiger partial charge in [0.15, 0.2) is 0 Å². The molecule has 3 N–H and O–H groups in total. The molecule has 2 aromatic carbocycles. The summed E-state index contributed by atoms with van der Waals surface area (Å²) in [6.07, 6.45) is 0. The molecule has 0 aromatic heterocycles. The minimum atomic E-state index is -0.427. The van der Waals surface area contributed by atoms with E-state index in [0.717, 1.165) is 25.9 Å². The highest BCUT2D eigenvalue weighted by molar-refractivity contribution is 9.11. The van der Waals surface area contributed by atoms with Crippen LogP contribution in [0.3, 0.4) is 0 Å². The van der Waals surface area contributed by atoms with Crippen LogP contribution in [0, 0.1) is 0 Å². The molecule has 0 aliphatic heterocycles. The smallest absolute Gasteiger partial charge is 0.248 e. The lowest BCUT2D eigenvalue weighted by Crippen LogP contribution is -2.11. The largest absolute Gasteiger partial charge is 0.495 e. The summed E-state index contributed by atoms with van der Waals surface area (Å²) in [5.41, 5.74) is 7.66. The molecule has 2 aromatic rings. The Morgan fingerprint density at radius 2 is 2.00 bits per heavy atom. The van der Waals surface area contributed by atoms with Gasteiger partial charge in [-0.25, -0.2) is 0 Å². The Labute approximate surface area is 139 Å². The van der Waals surface area contributed by atoms with Crippen molar-refractivity contribution in [2.75, 3.05) is 12.4 Å². The quantitative estimate of drug-likeness (QED) is 0.780. The number of carbonyl (C=O) groups excluding carboxylic acids is 1. The lowest BCUT2D eigenvalue weighted by molar-refractivity contribution is 0.1000. The van der Waals surface area contributed by atoms with Crippen molar-refractivity contribution < 1.29 is 9.53 Å². The van der Waals surface area contributed by atoms with Gasteiger partial charge in [-0.15, -0.1) is 0 Å². The predicted octanol–water partition coefficient (Wildman–Crippen LogP) is 3.93. The van der Waals surface area contributed by atoms with E-state index in [0.29, 0.717) is 12.1 Å². The standard InChI is InChI=1S/C15H14Br2N2O2/c1-21-14-7-13(11(16)6-12(14)17)19-8-9-3-2-4-10(5-9)15(18)20/h2-7,19H,8H2,1H3,(H2,18,20). The summed E-state index contributed by atoms with van der Waals surface area (Å²) < 4.78 is 7.07. The van der Waals surface area contributed by atoms with Crippen LogP contribution in [0.5, 0.6) is 5.75 Å². The monoisotopic (exact) mass is 412 g/mol. The first-order valence-electron chi connectivity index (χ1n) is 6.17. The number of carbonyl (C=O) groups is 1. The van der Waals surface area contributed by atoms with Crippen LogP contribution in [0.2, 0.25) is 0 Å². The molecule has 0 atom stereocenters. The van der Waals surface area contributed by atoms with Crippen molar-refractivity contribution in [1.29, 1.82) is 0 Å². The van der Waals surface area contributed by atoms with Gasteiger partial charge in [-0.1, -0.05) is 12.1 Å². The van der Waals surface area contributed by atoms with Crippen molar-refractivity contribution in [3.8, 4) is 5.75 Å². The Bertz CT molecular complexity index is 675. The molecule has 1 amide bonds. The van der Waals surface area contributed by atoms with Crippen LogP contribution in [0.4, 0.5) is 5.69 Å². The number of hydrogen-bond acceptors (Lipinski definition) is 3. The Hall–Kier alpha value is -1.53. The minimum Gasteiger partial charge on any atom is -0.495 e. The molecule has 0 aliphatic carbocycles. The number of methoxy groups -OCH3 is 1. The molecule has 0 bridgehead atoms. The van der Waals surface area contributed by atoms with Crippen LogP contribution in [0.1, 0.15) is 15.9 Å². The van der Waals surface area contributed by atoms with E-state index in [1.165, 1.54) is 0 Å². The Balaban J connectivity index is 2.16. The molecule has 0 aliphatic rings. The maximum atomic E-state index is 11.2. The summed E-state index contributed by atoms with van der Waals surface area (Å²) in [6, 6.07) is 11.0. The fraction of sp³-hybridized carbons (Fsp3) is 0.133. The lowest BCUT2D eigenvalue weighted by Gasteiger charge is -2.12. The average Bonchev–Trinajstić information content (AvgIpc) is 2.46. The third kappa shape index (κ3) is 3.98. The fourth-order valence-electron chi connectivity index (χ4n) is 1.85. The number of primary amides is 1. The van der Waals surface area contributed by atoms with Crippen molar-refractivity contribution in [3.05, 3.63) is 56.5 Å². The second-order valence-electron chi connectivity index (χ2n) is 4.38. The van der Waals surface area contributed by atoms with E-state index in [-0.39, 0.29) is 0 Å². The molecule has 110 valence electrons. The highest BCUT2D eigenvalue weighted by Gasteiger charge is 2.07. The Kier molecular flexibility index (Phi) is 5.25. The van der Waals surface area contributed by atoms with E-state index >= 15 is 0 Å². The van der Waals surface area contributed by atoms with Crippen LogP contribution in [-0.2, 0) is 6.54 Å². The number of nitrogens with two attached hydrogens (primary N) is 1. The molecule has 0 saturated heterocycles. The summed E-state index contributed by atoms with van der Waals surface area (Å²) in [5, 5.41) is 3.30. The van der Waals surface area contributed by atoms with E-state index in [9.17, 15) is 4.79 Å². The van der Waals surface area contributed by atoms with Crippen LogP contribution >= 0.6 is 31.9 Å². The van der Waals surface area contributed by atoms with E-state index < -0.39 is 5.91 Å². The van der Waals surface area contributed by atoms with Crippen molar-refractivity contribution >= 4 is 43.5 Å². The van der Waals surface area contributed by atoms with E-state index in [1.807, 2.05) is 24.3 Å². The number of amides is 1. The number of anilines is 1. The normalized spacial score (nSPS) is 10.2. The average molecular weight is 414 g/mol. The summed E-state index contributed by atoms with van der Waals surface area (Å²) in [7, 11) is 1.62. The van der Waals surface area contributed by atoms with E-state index in [4.69, 9.17) is 10.5 Å². The summed E-state index contributed by atoms with van der Waals surface area (Å²) in [4.78, 5) is 11.2. The molecule has 0 radical (unpaired) electrons. The van der Waals surface area contributed by atoms with Gasteiger partial charge in [0.25, 0.3) is 0 Å². The zero-order valence-electron chi connectivity index (χ0n) is 11.3. The molecule has 4 nitrogen and oxygen atoms in total. The van der Waals surface area contributed by atoms with Crippen molar-refractivity contribution in [2.45, 2.75) is 6.54 Å². The number of benzene rings is 2. The zero-order valence-corrected chi connectivity index (χ0v) is 14.5. The van der Waals surface area contributed by atoms with Gasteiger partial charge in [-0.05, 0) is 55.6 Å². The van der Waals surface area contributed by atoms with Crippen molar-refractivity contribution in [3.63, 3.8) is 0 Å². The lowest BCUT2D eigenvalue weighted by atomic mass is 10.1. The van der Waals surface area contributed by atoms with E-state index in [1.54, 1.807) is 19.2 Å². The predicted molar refractivity (Wildman–Crippen MR) is 90.7 cm³/mol. The molecule has 2 rings (SSSR count). The number of halogens is 2. The second-order valence-corrected chi connectivity index (χ2v) is 6.09. The van der Waals surface area contributed by atoms with Gasteiger partial charge in [0, 0.05) is 22.6 Å². The molecule has 21 heavy (non-hydrogen) atoms. The fourth-order valence-corrected chi connectivity index (χ4v) is 3.15. The Morgan fingerprint density at radius 3 is 2.67 bits per heavy atom. The van der Waals surface area contributed by atoms with Crippen molar-refractivity contribution in [2.24, 2.45) is 5.73 Å². The maximum absolute atomic E-state index is 11.2. The van der Waals surface area contributed by atoms with Gasteiger partial charge in [0.05, 0.1) is 17.3 Å². The molecular weight excluding hydrogens is 400 g/mol. The highest BCUT2D eigenvalue weighted by atomic mass is 79.9. The first-order chi connectivity index (χ1) is 10.0. The summed E-state index contributed by atoms with van der Waals surface area (Å²) in [5.74, 6) is 0.315. The maximum Gasteiger partial charge on any atom is 0.248 e. The number of ether oxygens (including phenoxy) is 1. The number of nitrogens with one attached hydrogen (secondary N) is 1. The van der Waals surface area contributed by atoms with Crippen molar-refractivity contribution in [1.82, 2.24) is 0 Å². The molecule has 0 fully saturated rings. The first-order valence-corrected chi connectivity index (χ1v) is 7.75. The Morgan fingerprint density at radius 1 is 1.24 bits per heavy atom. The number of hydrogen-bond donors (Lipinski definition) is 2. The van der Waals surface area contributed by atoms with Gasteiger partial charge in [-0.3, -0.25) is 4.79 Å².